The van der Waals surface area contributed by atoms with Gasteiger partial charge in [-0.1, -0.05) is 30.3 Å². The fourth-order valence-corrected chi connectivity index (χ4v) is 3.43. The van der Waals surface area contributed by atoms with E-state index in [1.165, 1.54) is 24.8 Å². The molecule has 0 radical (unpaired) electrons. The predicted octanol–water partition coefficient (Wildman–Crippen LogP) is 3.02. The quantitative estimate of drug-likeness (QED) is 0.907. The lowest BCUT2D eigenvalue weighted by atomic mass is 9.92. The molecule has 4 heteroatoms. The van der Waals surface area contributed by atoms with Crippen molar-refractivity contribution in [2.45, 2.75) is 44.2 Å². The summed E-state index contributed by atoms with van der Waals surface area (Å²) in [5.74, 6) is 0. The number of carbonyl (C=O) groups excluding carboxylic acids is 1. The smallest absolute Gasteiger partial charge is 0.317 e. The van der Waals surface area contributed by atoms with Crippen LogP contribution < -0.4 is 5.32 Å². The van der Waals surface area contributed by atoms with Gasteiger partial charge in [-0.3, -0.25) is 4.90 Å². The Morgan fingerprint density at radius 1 is 1.23 bits per heavy atom. The minimum Gasteiger partial charge on any atom is -0.336 e. The highest BCUT2D eigenvalue weighted by atomic mass is 16.2. The molecule has 4 nitrogen and oxygen atoms in total. The number of carbonyl (C=O) groups is 1. The standard InChI is InChI=1S/C18H27N3O/c1-20(16-10-7-11-16)18(22)19-14-17(21-12-5-6-13-21)15-8-3-2-4-9-15/h2-4,8-9,16-17H,5-7,10-14H2,1H3,(H,19,22)/t17-/m1/s1. The number of benzene rings is 1. The number of nitrogens with one attached hydrogen (secondary N) is 1. The van der Waals surface area contributed by atoms with Crippen LogP contribution in [0.5, 0.6) is 0 Å². The van der Waals surface area contributed by atoms with Crippen LogP contribution in [0.4, 0.5) is 4.79 Å². The second-order valence-electron chi connectivity index (χ2n) is 6.55. The molecule has 1 aliphatic carbocycles. The first-order chi connectivity index (χ1) is 10.8. The zero-order chi connectivity index (χ0) is 15.4. The summed E-state index contributed by atoms with van der Waals surface area (Å²) in [6.45, 7) is 2.96. The summed E-state index contributed by atoms with van der Waals surface area (Å²) >= 11 is 0. The molecule has 1 aromatic carbocycles. The molecule has 2 aliphatic rings. The Kier molecular flexibility index (Phi) is 4.98. The molecule has 1 aliphatic heterocycles. The van der Waals surface area contributed by atoms with Gasteiger partial charge in [-0.15, -0.1) is 0 Å². The van der Waals surface area contributed by atoms with Gasteiger partial charge in [-0.25, -0.2) is 4.79 Å². The second kappa shape index (κ2) is 7.14. The Balaban J connectivity index is 1.61. The lowest BCUT2D eigenvalue weighted by Gasteiger charge is -2.35. The maximum Gasteiger partial charge on any atom is 0.317 e. The van der Waals surface area contributed by atoms with E-state index in [-0.39, 0.29) is 6.03 Å². The monoisotopic (exact) mass is 301 g/mol. The molecule has 120 valence electrons. The van der Waals surface area contributed by atoms with Gasteiger partial charge in [0, 0.05) is 19.6 Å². The largest absolute Gasteiger partial charge is 0.336 e. The first-order valence-electron chi connectivity index (χ1n) is 8.55. The molecule has 1 saturated carbocycles. The lowest BCUT2D eigenvalue weighted by molar-refractivity contribution is 0.153. The van der Waals surface area contributed by atoms with Gasteiger partial charge in [0.15, 0.2) is 0 Å². The zero-order valence-electron chi connectivity index (χ0n) is 13.5. The molecule has 1 N–H and O–H groups in total. The third-order valence-electron chi connectivity index (χ3n) is 5.16. The van der Waals surface area contributed by atoms with E-state index in [9.17, 15) is 4.79 Å². The van der Waals surface area contributed by atoms with Crippen molar-refractivity contribution in [3.05, 3.63) is 35.9 Å². The van der Waals surface area contributed by atoms with Gasteiger partial charge in [0.2, 0.25) is 0 Å². The maximum atomic E-state index is 12.3. The molecule has 0 bridgehead atoms. The highest BCUT2D eigenvalue weighted by molar-refractivity contribution is 5.74. The van der Waals surface area contributed by atoms with Crippen molar-refractivity contribution in [1.82, 2.24) is 15.1 Å². The molecule has 0 aromatic heterocycles. The number of hydrogen-bond acceptors (Lipinski definition) is 2. The Hall–Kier alpha value is -1.55. The molecular formula is C18H27N3O. The molecule has 0 unspecified atom stereocenters. The minimum absolute atomic E-state index is 0.0739. The summed E-state index contributed by atoms with van der Waals surface area (Å²) < 4.78 is 0. The van der Waals surface area contributed by atoms with Crippen LogP contribution in [0, 0.1) is 0 Å². The van der Waals surface area contributed by atoms with E-state index in [4.69, 9.17) is 0 Å². The summed E-state index contributed by atoms with van der Waals surface area (Å²) in [4.78, 5) is 16.7. The Bertz CT molecular complexity index is 480. The van der Waals surface area contributed by atoms with Crippen LogP contribution in [0.25, 0.3) is 0 Å². The maximum absolute atomic E-state index is 12.3. The van der Waals surface area contributed by atoms with Gasteiger partial charge in [0.1, 0.15) is 0 Å². The van der Waals surface area contributed by atoms with Crippen molar-refractivity contribution in [2.24, 2.45) is 0 Å². The normalized spacial score (nSPS) is 20.4. The number of hydrogen-bond donors (Lipinski definition) is 1. The van der Waals surface area contributed by atoms with Crippen LogP contribution in [0.3, 0.4) is 0 Å². The van der Waals surface area contributed by atoms with Gasteiger partial charge in [-0.2, -0.15) is 0 Å². The van der Waals surface area contributed by atoms with Crippen molar-refractivity contribution in [2.75, 3.05) is 26.7 Å². The molecule has 22 heavy (non-hydrogen) atoms. The molecule has 1 heterocycles. The fraction of sp³-hybridized carbons (Fsp3) is 0.611. The SMILES string of the molecule is CN(C(=O)NC[C@H](c1ccccc1)N1CCCC1)C1CCC1. The number of amides is 2. The third-order valence-corrected chi connectivity index (χ3v) is 5.16. The molecule has 2 fully saturated rings. The molecule has 2 amide bonds. The van der Waals surface area contributed by atoms with Crippen molar-refractivity contribution < 1.29 is 4.79 Å². The molecule has 1 aromatic rings. The van der Waals surface area contributed by atoms with Gasteiger partial charge < -0.3 is 10.2 Å². The van der Waals surface area contributed by atoms with E-state index in [2.05, 4.69) is 34.5 Å². The fourth-order valence-electron chi connectivity index (χ4n) is 3.43. The minimum atomic E-state index is 0.0739. The van der Waals surface area contributed by atoms with Crippen molar-refractivity contribution in [3.8, 4) is 0 Å². The third kappa shape index (κ3) is 3.43. The Morgan fingerprint density at radius 3 is 2.50 bits per heavy atom. The van der Waals surface area contributed by atoms with E-state index in [1.807, 2.05) is 18.0 Å². The molecule has 3 rings (SSSR count). The van der Waals surface area contributed by atoms with Gasteiger partial charge in [0.05, 0.1) is 6.04 Å². The van der Waals surface area contributed by atoms with Crippen LogP contribution in [0.15, 0.2) is 30.3 Å². The zero-order valence-corrected chi connectivity index (χ0v) is 13.5. The topological polar surface area (TPSA) is 35.6 Å². The van der Waals surface area contributed by atoms with Crippen molar-refractivity contribution >= 4 is 6.03 Å². The van der Waals surface area contributed by atoms with E-state index in [0.29, 0.717) is 18.6 Å². The lowest BCUT2D eigenvalue weighted by Crippen LogP contribution is -2.48. The van der Waals surface area contributed by atoms with Crippen molar-refractivity contribution in [1.29, 1.82) is 0 Å². The first kappa shape index (κ1) is 15.3. The van der Waals surface area contributed by atoms with Gasteiger partial charge >= 0.3 is 6.03 Å². The van der Waals surface area contributed by atoms with E-state index in [0.717, 1.165) is 25.9 Å². The van der Waals surface area contributed by atoms with E-state index in [1.54, 1.807) is 0 Å². The predicted molar refractivity (Wildman–Crippen MR) is 88.8 cm³/mol. The average molecular weight is 301 g/mol. The number of rotatable bonds is 5. The summed E-state index contributed by atoms with van der Waals surface area (Å²) in [6, 6.07) is 11.4. The van der Waals surface area contributed by atoms with Crippen molar-refractivity contribution in [3.63, 3.8) is 0 Å². The van der Waals surface area contributed by atoms with Gasteiger partial charge in [0.25, 0.3) is 0 Å². The average Bonchev–Trinajstić information content (AvgIpc) is 3.00. The summed E-state index contributed by atoms with van der Waals surface area (Å²) in [5, 5.41) is 3.15. The van der Waals surface area contributed by atoms with Crippen LogP contribution in [0.1, 0.15) is 43.7 Å². The number of nitrogens with zero attached hydrogens (tertiary/aromatic N) is 2. The summed E-state index contributed by atoms with van der Waals surface area (Å²) in [5.41, 5.74) is 1.30. The molecule has 1 saturated heterocycles. The van der Waals surface area contributed by atoms with Crippen LogP contribution in [0.2, 0.25) is 0 Å². The van der Waals surface area contributed by atoms with Crippen LogP contribution >= 0.6 is 0 Å². The highest BCUT2D eigenvalue weighted by Gasteiger charge is 2.27. The van der Waals surface area contributed by atoms with Crippen LogP contribution in [-0.4, -0.2) is 48.6 Å². The molecule has 1 atom stereocenters. The van der Waals surface area contributed by atoms with E-state index >= 15 is 0 Å². The molecular weight excluding hydrogens is 274 g/mol. The Labute approximate surface area is 133 Å². The number of likely N-dealkylation sites (tertiary alicyclic amines) is 1. The number of urea groups is 1. The first-order valence-corrected chi connectivity index (χ1v) is 8.55. The Morgan fingerprint density at radius 2 is 1.91 bits per heavy atom. The summed E-state index contributed by atoms with van der Waals surface area (Å²) in [6.07, 6.45) is 6.08. The van der Waals surface area contributed by atoms with Gasteiger partial charge in [-0.05, 0) is 50.8 Å². The van der Waals surface area contributed by atoms with E-state index < -0.39 is 0 Å². The molecule has 0 spiro atoms. The second-order valence-corrected chi connectivity index (χ2v) is 6.55. The highest BCUT2D eigenvalue weighted by Crippen LogP contribution is 2.25. The van der Waals surface area contributed by atoms with Crippen LogP contribution in [-0.2, 0) is 0 Å². The summed E-state index contributed by atoms with van der Waals surface area (Å²) in [7, 11) is 1.92.